The Kier molecular flexibility index (Phi) is 15.0. The molecule has 0 aromatic heterocycles. The highest BCUT2D eigenvalue weighted by atomic mass is 35.5. The molecule has 0 saturated heterocycles. The van der Waals surface area contributed by atoms with Gasteiger partial charge in [-0.3, -0.25) is 9.52 Å². The first-order valence-corrected chi connectivity index (χ1v) is 17.8. The first-order valence-electron chi connectivity index (χ1n) is 16.5. The molecule has 7 heteroatoms. The van der Waals surface area contributed by atoms with Gasteiger partial charge in [0, 0.05) is 49.1 Å². The molecule has 2 bridgehead atoms. The van der Waals surface area contributed by atoms with Crippen molar-refractivity contribution in [2.24, 2.45) is 17.8 Å². The average molecular weight is 631 g/mol. The van der Waals surface area contributed by atoms with Gasteiger partial charge in [0.15, 0.2) is 0 Å². The third-order valence-electron chi connectivity index (χ3n) is 9.16. The van der Waals surface area contributed by atoms with Crippen molar-refractivity contribution < 1.29 is 14.3 Å². The van der Waals surface area contributed by atoms with Gasteiger partial charge in [-0.25, -0.2) is 0 Å². The monoisotopic (exact) mass is 630 g/mol. The van der Waals surface area contributed by atoms with E-state index in [1.54, 1.807) is 26.2 Å². The van der Waals surface area contributed by atoms with Crippen molar-refractivity contribution in [3.8, 4) is 5.75 Å². The van der Waals surface area contributed by atoms with Gasteiger partial charge in [0.25, 0.3) is 5.91 Å². The second kappa shape index (κ2) is 18.2. The van der Waals surface area contributed by atoms with Crippen LogP contribution >= 0.6 is 23.5 Å². The van der Waals surface area contributed by atoms with Gasteiger partial charge < -0.3 is 14.4 Å². The Balaban J connectivity index is 0.000000953. The average Bonchev–Trinajstić information content (AvgIpc) is 3.18. The summed E-state index contributed by atoms with van der Waals surface area (Å²) >= 11 is 7.97. The molecule has 5 nitrogen and oxygen atoms in total. The van der Waals surface area contributed by atoms with Crippen molar-refractivity contribution in [1.29, 1.82) is 0 Å². The smallest absolute Gasteiger partial charge is 0.261 e. The van der Waals surface area contributed by atoms with Crippen molar-refractivity contribution >= 4 is 35.1 Å². The molecule has 3 aliphatic rings. The number of rotatable bonds is 3. The number of amides is 1. The predicted molar refractivity (Wildman–Crippen MR) is 185 cm³/mol. The lowest BCUT2D eigenvalue weighted by atomic mass is 9.70. The van der Waals surface area contributed by atoms with Crippen molar-refractivity contribution in [1.82, 2.24) is 4.72 Å². The second-order valence-electron chi connectivity index (χ2n) is 12.2. The van der Waals surface area contributed by atoms with Crippen molar-refractivity contribution in [3.63, 3.8) is 0 Å². The molecule has 1 amide bonds. The first kappa shape index (κ1) is 35.6. The summed E-state index contributed by atoms with van der Waals surface area (Å²) in [7, 11) is 3.25. The molecule has 43 heavy (non-hydrogen) atoms. The van der Waals surface area contributed by atoms with E-state index in [1.165, 1.54) is 49.7 Å². The number of ether oxygens (including phenoxy) is 2. The maximum Gasteiger partial charge on any atom is 0.261 e. The molecule has 4 unspecified atom stereocenters. The molecule has 2 aliphatic heterocycles. The lowest BCUT2D eigenvalue weighted by molar-refractivity contribution is 0.0984. The third kappa shape index (κ3) is 9.80. The molecule has 2 aromatic carbocycles. The van der Waals surface area contributed by atoms with Gasteiger partial charge >= 0.3 is 0 Å². The minimum atomic E-state index is -0.0193. The molecule has 240 valence electrons. The molecule has 5 rings (SSSR count). The number of hydrogen-bond acceptors (Lipinski definition) is 5. The van der Waals surface area contributed by atoms with Gasteiger partial charge in [0.05, 0.1) is 12.3 Å². The van der Waals surface area contributed by atoms with Crippen molar-refractivity contribution in [2.75, 3.05) is 38.8 Å². The number of methoxy groups -OCH3 is 1. The van der Waals surface area contributed by atoms with Crippen LogP contribution in [-0.4, -0.2) is 45.1 Å². The van der Waals surface area contributed by atoms with E-state index in [9.17, 15) is 4.79 Å². The standard InChI is InChI=1S/C32H43ClN2O2S.C2H6O.C2H6/c1-4-7-24-16-28(33)13-14-29(24)27-19-35-18-26-11-10-23(26)9-6-5-8-21(2)22(3)38-34-32(36)25-12-15-31(37-20-27)30(35)17-25;1-3-2;1-2/h12-17,21-23,26-27H,4-11,18-20H2,1-3H3,(H,34,36);1-2H3;1-2H3/t21?,22-,23?,26?,27?;;/m0../s1. The number of benzene rings is 2. The fourth-order valence-electron chi connectivity index (χ4n) is 6.43. The van der Waals surface area contributed by atoms with E-state index in [-0.39, 0.29) is 11.8 Å². The summed E-state index contributed by atoms with van der Waals surface area (Å²) in [6.45, 7) is 13.3. The number of carbonyl (C=O) groups excluding carboxylic acids is 1. The minimum Gasteiger partial charge on any atom is -0.491 e. The Labute approximate surface area is 271 Å². The largest absolute Gasteiger partial charge is 0.491 e. The van der Waals surface area contributed by atoms with Crippen molar-refractivity contribution in [2.45, 2.75) is 97.2 Å². The topological polar surface area (TPSA) is 50.8 Å². The van der Waals surface area contributed by atoms with Crippen LogP contribution in [0, 0.1) is 17.8 Å². The molecule has 0 radical (unpaired) electrons. The molecule has 1 fully saturated rings. The summed E-state index contributed by atoms with van der Waals surface area (Å²) < 4.78 is 13.9. The van der Waals surface area contributed by atoms with Gasteiger partial charge in [-0.15, -0.1) is 0 Å². The molecule has 1 saturated carbocycles. The predicted octanol–water partition coefficient (Wildman–Crippen LogP) is 9.57. The highest BCUT2D eigenvalue weighted by Gasteiger charge is 2.35. The van der Waals surface area contributed by atoms with E-state index in [2.05, 4.69) is 53.3 Å². The van der Waals surface area contributed by atoms with Crippen LogP contribution in [-0.2, 0) is 11.2 Å². The third-order valence-corrected chi connectivity index (χ3v) is 10.5. The summed E-state index contributed by atoms with van der Waals surface area (Å²) in [6.07, 6.45) is 9.92. The van der Waals surface area contributed by atoms with Crippen LogP contribution in [0.15, 0.2) is 36.4 Å². The van der Waals surface area contributed by atoms with E-state index in [4.69, 9.17) is 16.3 Å². The van der Waals surface area contributed by atoms with Gasteiger partial charge in [-0.1, -0.05) is 78.0 Å². The first-order chi connectivity index (χ1) is 20.8. The highest BCUT2D eigenvalue weighted by Crippen LogP contribution is 2.43. The Morgan fingerprint density at radius 3 is 2.42 bits per heavy atom. The van der Waals surface area contributed by atoms with Gasteiger partial charge in [0.1, 0.15) is 5.75 Å². The van der Waals surface area contributed by atoms with Gasteiger partial charge in [-0.05, 0) is 96.8 Å². The van der Waals surface area contributed by atoms with E-state index < -0.39 is 0 Å². The maximum absolute atomic E-state index is 13.2. The Morgan fingerprint density at radius 1 is 1.00 bits per heavy atom. The fourth-order valence-corrected chi connectivity index (χ4v) is 7.40. The molecule has 1 N–H and O–H groups in total. The van der Waals surface area contributed by atoms with Crippen molar-refractivity contribution in [3.05, 3.63) is 58.1 Å². The minimum absolute atomic E-state index is 0.0193. The van der Waals surface area contributed by atoms with Crippen LogP contribution in [0.1, 0.15) is 107 Å². The number of hydrogen-bond donors (Lipinski definition) is 1. The SMILES string of the molecule is CC.CCCc1cc(Cl)ccc1C1COc2ccc3cc2N(C1)CC1CCC1CCCCC(C)[C@H](C)SNC3=O.COC. The molecule has 5 atom stereocenters. The number of carbonyl (C=O) groups is 1. The number of fused-ring (bicyclic) bond motifs is 2. The number of anilines is 1. The number of aryl methyl sites for hydroxylation is 1. The van der Waals surface area contributed by atoms with Crippen LogP contribution in [0.2, 0.25) is 5.02 Å². The fraction of sp³-hybridized carbons (Fsp3) is 0.639. The zero-order valence-corrected chi connectivity index (χ0v) is 29.2. The van der Waals surface area contributed by atoms with E-state index in [0.717, 1.165) is 48.3 Å². The Bertz CT molecular complexity index is 1150. The number of halogens is 1. The number of nitrogens with zero attached hydrogens (tertiary/aromatic N) is 1. The molecule has 0 spiro atoms. The molecule has 1 aliphatic carbocycles. The maximum atomic E-state index is 13.2. The molecule has 2 aromatic rings. The summed E-state index contributed by atoms with van der Waals surface area (Å²) in [4.78, 5) is 15.7. The summed E-state index contributed by atoms with van der Waals surface area (Å²) in [6, 6.07) is 12.4. The van der Waals surface area contributed by atoms with Crippen LogP contribution in [0.4, 0.5) is 5.69 Å². The van der Waals surface area contributed by atoms with E-state index in [0.29, 0.717) is 29.3 Å². The van der Waals surface area contributed by atoms with Crippen LogP contribution < -0.4 is 14.4 Å². The van der Waals surface area contributed by atoms with E-state index >= 15 is 0 Å². The molecular weight excluding hydrogens is 576 g/mol. The Hall–Kier alpha value is -1.89. The van der Waals surface area contributed by atoms with Gasteiger partial charge in [0.2, 0.25) is 0 Å². The Morgan fingerprint density at radius 2 is 1.72 bits per heavy atom. The van der Waals surface area contributed by atoms with Crippen LogP contribution in [0.3, 0.4) is 0 Å². The van der Waals surface area contributed by atoms with Gasteiger partial charge in [-0.2, -0.15) is 0 Å². The summed E-state index contributed by atoms with van der Waals surface area (Å²) in [5.74, 6) is 3.23. The quantitative estimate of drug-likeness (QED) is 0.342. The van der Waals surface area contributed by atoms with E-state index in [1.807, 2.05) is 32.0 Å². The highest BCUT2D eigenvalue weighted by molar-refractivity contribution is 7.98. The van der Waals surface area contributed by atoms with Crippen LogP contribution in [0.25, 0.3) is 0 Å². The zero-order chi connectivity index (χ0) is 31.4. The summed E-state index contributed by atoms with van der Waals surface area (Å²) in [5, 5.41) is 1.19. The van der Waals surface area contributed by atoms with Crippen LogP contribution in [0.5, 0.6) is 5.75 Å². The lowest BCUT2D eigenvalue weighted by Crippen LogP contribution is -2.40. The summed E-state index contributed by atoms with van der Waals surface area (Å²) in [5.41, 5.74) is 4.45. The lowest BCUT2D eigenvalue weighted by Gasteiger charge is -2.41. The second-order valence-corrected chi connectivity index (χ2v) is 13.8. The molecule has 2 heterocycles. The molecular formula is C36H55ClN2O3S. The zero-order valence-electron chi connectivity index (χ0n) is 27.6. The normalized spacial score (nSPS) is 25.6. The number of nitrogens with one attached hydrogen (secondary N) is 1.